The third-order valence-electron chi connectivity index (χ3n) is 1.21. The zero-order chi connectivity index (χ0) is 12.3. The Hall–Kier alpha value is -0.490. The van der Waals surface area contributed by atoms with Gasteiger partial charge in [0.25, 0.3) is 0 Å². The molecule has 1 atom stereocenters. The summed E-state index contributed by atoms with van der Waals surface area (Å²) in [4.78, 5) is 11.2. The number of hydrogen-bond donors (Lipinski definition) is 1. The van der Waals surface area contributed by atoms with Crippen LogP contribution in [0.1, 0.15) is 27.7 Å². The summed E-state index contributed by atoms with van der Waals surface area (Å²) < 4.78 is 26.3. The predicted molar refractivity (Wildman–Crippen MR) is 58.5 cm³/mol. The highest BCUT2D eigenvalue weighted by molar-refractivity contribution is 8.13. The number of carbonyl (C=O) groups is 1. The van der Waals surface area contributed by atoms with Gasteiger partial charge in [-0.3, -0.25) is 0 Å². The van der Waals surface area contributed by atoms with Crippen LogP contribution in [0, 0.1) is 0 Å². The van der Waals surface area contributed by atoms with Crippen molar-refractivity contribution in [2.75, 3.05) is 5.75 Å². The molecular weight excluding hydrogens is 242 g/mol. The maximum atomic E-state index is 11.2. The summed E-state index contributed by atoms with van der Waals surface area (Å²) in [5, 5.41) is 2.37. The SMILES string of the molecule is C[C@@H](CS(=O)(=O)Cl)NC(=O)OC(C)(C)C. The molecule has 90 valence electrons. The monoisotopic (exact) mass is 257 g/mol. The lowest BCUT2D eigenvalue weighted by molar-refractivity contribution is 0.0513. The Labute approximate surface area is 94.6 Å². The molecule has 7 heteroatoms. The highest BCUT2D eigenvalue weighted by Gasteiger charge is 2.19. The van der Waals surface area contributed by atoms with Gasteiger partial charge >= 0.3 is 6.09 Å². The Bertz CT molecular complexity index is 320. The summed E-state index contributed by atoms with van der Waals surface area (Å²) in [5.74, 6) is -0.326. The molecule has 0 unspecified atom stereocenters. The van der Waals surface area contributed by atoms with E-state index in [-0.39, 0.29) is 5.75 Å². The Balaban J connectivity index is 4.09. The van der Waals surface area contributed by atoms with Crippen LogP contribution >= 0.6 is 10.7 Å². The van der Waals surface area contributed by atoms with E-state index in [1.165, 1.54) is 6.92 Å². The minimum absolute atomic E-state index is 0.326. The average molecular weight is 258 g/mol. The van der Waals surface area contributed by atoms with Crippen LogP contribution in [0.3, 0.4) is 0 Å². The molecule has 0 heterocycles. The molecule has 0 spiro atoms. The molecule has 1 amide bonds. The van der Waals surface area contributed by atoms with E-state index >= 15 is 0 Å². The van der Waals surface area contributed by atoms with E-state index in [0.717, 1.165) is 0 Å². The smallest absolute Gasteiger partial charge is 0.407 e. The predicted octanol–water partition coefficient (Wildman–Crippen LogP) is 1.47. The van der Waals surface area contributed by atoms with E-state index < -0.39 is 26.8 Å². The molecule has 0 aliphatic rings. The first-order valence-corrected chi connectivity index (χ1v) is 6.89. The molecule has 5 nitrogen and oxygen atoms in total. The molecule has 0 aromatic carbocycles. The van der Waals surface area contributed by atoms with E-state index in [9.17, 15) is 13.2 Å². The molecule has 0 aliphatic carbocycles. The number of ether oxygens (including phenoxy) is 1. The van der Waals surface area contributed by atoms with Crippen molar-refractivity contribution in [3.8, 4) is 0 Å². The number of hydrogen-bond acceptors (Lipinski definition) is 4. The van der Waals surface area contributed by atoms with Crippen molar-refractivity contribution in [3.63, 3.8) is 0 Å². The second-order valence-corrected chi connectivity index (χ2v) is 7.07. The first-order chi connectivity index (χ1) is 6.49. The fourth-order valence-corrected chi connectivity index (χ4v) is 2.10. The summed E-state index contributed by atoms with van der Waals surface area (Å²) in [7, 11) is 1.41. The first-order valence-electron chi connectivity index (χ1n) is 4.41. The minimum atomic E-state index is -3.61. The van der Waals surface area contributed by atoms with Crippen LogP contribution in [0.5, 0.6) is 0 Å². The molecule has 15 heavy (non-hydrogen) atoms. The molecule has 1 N–H and O–H groups in total. The highest BCUT2D eigenvalue weighted by Crippen LogP contribution is 2.07. The quantitative estimate of drug-likeness (QED) is 0.777. The molecule has 0 fully saturated rings. The van der Waals surface area contributed by atoms with Crippen molar-refractivity contribution in [1.29, 1.82) is 0 Å². The summed E-state index contributed by atoms with van der Waals surface area (Å²) in [5.41, 5.74) is -0.607. The molecule has 0 radical (unpaired) electrons. The zero-order valence-electron chi connectivity index (χ0n) is 9.20. The topological polar surface area (TPSA) is 72.5 Å². The standard InChI is InChI=1S/C8H16ClNO4S/c1-6(5-15(9,12)13)10-7(11)14-8(2,3)4/h6H,5H2,1-4H3,(H,10,11)/t6-/m0/s1. The molecule has 0 aliphatic heterocycles. The third-order valence-corrected chi connectivity index (χ3v) is 2.49. The maximum absolute atomic E-state index is 11.2. The number of carbonyl (C=O) groups excluding carboxylic acids is 1. The number of amides is 1. The van der Waals surface area contributed by atoms with Crippen molar-refractivity contribution in [2.24, 2.45) is 0 Å². The second kappa shape index (κ2) is 5.03. The van der Waals surface area contributed by atoms with E-state index in [1.54, 1.807) is 20.8 Å². The number of alkyl carbamates (subject to hydrolysis) is 1. The average Bonchev–Trinajstić information content (AvgIpc) is 1.73. The number of nitrogens with one attached hydrogen (secondary N) is 1. The third kappa shape index (κ3) is 9.81. The van der Waals surface area contributed by atoms with E-state index in [2.05, 4.69) is 5.32 Å². The van der Waals surface area contributed by atoms with Crippen LogP contribution in [0.4, 0.5) is 4.79 Å². The van der Waals surface area contributed by atoms with Crippen LogP contribution in [-0.2, 0) is 13.8 Å². The van der Waals surface area contributed by atoms with E-state index in [0.29, 0.717) is 0 Å². The van der Waals surface area contributed by atoms with E-state index in [1.807, 2.05) is 0 Å². The molecule has 0 rings (SSSR count). The number of rotatable bonds is 3. The van der Waals surface area contributed by atoms with Gasteiger partial charge in [0.1, 0.15) is 5.60 Å². The van der Waals surface area contributed by atoms with Crippen LogP contribution < -0.4 is 5.32 Å². The van der Waals surface area contributed by atoms with Gasteiger partial charge in [-0.2, -0.15) is 0 Å². The van der Waals surface area contributed by atoms with Gasteiger partial charge in [0.15, 0.2) is 0 Å². The van der Waals surface area contributed by atoms with Crippen molar-refractivity contribution in [3.05, 3.63) is 0 Å². The van der Waals surface area contributed by atoms with Gasteiger partial charge in [-0.05, 0) is 27.7 Å². The van der Waals surface area contributed by atoms with Gasteiger partial charge < -0.3 is 10.1 Å². The molecule has 0 aromatic heterocycles. The largest absolute Gasteiger partial charge is 0.444 e. The van der Waals surface area contributed by atoms with Crippen LogP contribution in [0.2, 0.25) is 0 Å². The lowest BCUT2D eigenvalue weighted by Crippen LogP contribution is -2.40. The lowest BCUT2D eigenvalue weighted by Gasteiger charge is -2.21. The molecule has 0 saturated carbocycles. The molecule has 0 aromatic rings. The molecule has 0 bridgehead atoms. The summed E-state index contributed by atoms with van der Waals surface area (Å²) in [6, 6.07) is -0.581. The fraction of sp³-hybridized carbons (Fsp3) is 0.875. The summed E-state index contributed by atoms with van der Waals surface area (Å²) >= 11 is 0. The molecule has 0 saturated heterocycles. The van der Waals surface area contributed by atoms with Gasteiger partial charge in [0.2, 0.25) is 9.05 Å². The van der Waals surface area contributed by atoms with Gasteiger partial charge in [-0.15, -0.1) is 0 Å². The molecular formula is C8H16ClNO4S. The van der Waals surface area contributed by atoms with Crippen molar-refractivity contribution < 1.29 is 17.9 Å². The summed E-state index contributed by atoms with van der Waals surface area (Å²) in [6.45, 7) is 6.68. The Morgan fingerprint density at radius 1 is 1.47 bits per heavy atom. The Morgan fingerprint density at radius 2 is 1.93 bits per heavy atom. The van der Waals surface area contributed by atoms with Crippen LogP contribution in [0.25, 0.3) is 0 Å². The highest BCUT2D eigenvalue weighted by atomic mass is 35.7. The number of halogens is 1. The fourth-order valence-electron chi connectivity index (χ4n) is 0.849. The van der Waals surface area contributed by atoms with Crippen molar-refractivity contribution >= 4 is 25.8 Å². The first kappa shape index (κ1) is 14.5. The van der Waals surface area contributed by atoms with Gasteiger partial charge in [0.05, 0.1) is 5.75 Å². The van der Waals surface area contributed by atoms with Gasteiger partial charge in [0, 0.05) is 16.7 Å². The van der Waals surface area contributed by atoms with Gasteiger partial charge in [-0.25, -0.2) is 13.2 Å². The van der Waals surface area contributed by atoms with Crippen LogP contribution in [0.15, 0.2) is 0 Å². The maximum Gasteiger partial charge on any atom is 0.407 e. The van der Waals surface area contributed by atoms with Crippen LogP contribution in [-0.4, -0.2) is 31.9 Å². The van der Waals surface area contributed by atoms with Crippen molar-refractivity contribution in [2.45, 2.75) is 39.3 Å². The Kier molecular flexibility index (Phi) is 4.86. The second-order valence-electron chi connectivity index (χ2n) is 4.25. The normalized spacial score (nSPS) is 14.5. The zero-order valence-corrected chi connectivity index (χ0v) is 10.8. The summed E-state index contributed by atoms with van der Waals surface area (Å²) in [6.07, 6.45) is -0.657. The van der Waals surface area contributed by atoms with Crippen molar-refractivity contribution in [1.82, 2.24) is 5.32 Å². The minimum Gasteiger partial charge on any atom is -0.444 e. The van der Waals surface area contributed by atoms with Gasteiger partial charge in [-0.1, -0.05) is 0 Å². The Morgan fingerprint density at radius 3 is 2.27 bits per heavy atom. The lowest BCUT2D eigenvalue weighted by atomic mass is 10.2. The van der Waals surface area contributed by atoms with E-state index in [4.69, 9.17) is 15.4 Å².